The van der Waals surface area contributed by atoms with Crippen molar-refractivity contribution in [2.24, 2.45) is 0 Å². The molecule has 0 heterocycles. The number of nitrogens with one attached hydrogen (secondary N) is 1. The number of rotatable bonds is 6. The number of hydrogen-bond donors (Lipinski definition) is 1. The van der Waals surface area contributed by atoms with Gasteiger partial charge in [-0.05, 0) is 43.2 Å². The highest BCUT2D eigenvalue weighted by molar-refractivity contribution is 7.89. The van der Waals surface area contributed by atoms with E-state index in [0.29, 0.717) is 11.1 Å². The Labute approximate surface area is 136 Å². The number of benzene rings is 2. The van der Waals surface area contributed by atoms with Crippen LogP contribution in [0, 0.1) is 19.7 Å². The third kappa shape index (κ3) is 4.37. The minimum Gasteiger partial charge on any atom is -0.375 e. The van der Waals surface area contributed by atoms with Gasteiger partial charge in [0.2, 0.25) is 10.0 Å². The van der Waals surface area contributed by atoms with Crippen LogP contribution in [-0.4, -0.2) is 22.1 Å². The molecule has 0 aromatic heterocycles. The third-order valence-corrected chi connectivity index (χ3v) is 5.17. The highest BCUT2D eigenvalue weighted by Gasteiger charge is 2.20. The van der Waals surface area contributed by atoms with E-state index in [0.717, 1.165) is 5.56 Å². The molecule has 2 aromatic rings. The zero-order valence-electron chi connectivity index (χ0n) is 13.3. The molecule has 0 saturated heterocycles. The molecule has 124 valence electrons. The van der Waals surface area contributed by atoms with Gasteiger partial charge in [-0.3, -0.25) is 0 Å². The van der Waals surface area contributed by atoms with Crippen LogP contribution >= 0.6 is 0 Å². The van der Waals surface area contributed by atoms with Crippen LogP contribution in [0.5, 0.6) is 0 Å². The first-order valence-electron chi connectivity index (χ1n) is 7.18. The maximum Gasteiger partial charge on any atom is 0.240 e. The van der Waals surface area contributed by atoms with Gasteiger partial charge >= 0.3 is 0 Å². The molecule has 2 rings (SSSR count). The molecule has 0 bridgehead atoms. The van der Waals surface area contributed by atoms with Gasteiger partial charge in [0.15, 0.2) is 0 Å². The molecular weight excluding hydrogens is 317 g/mol. The minimum atomic E-state index is -3.65. The standard InChI is InChI=1S/C17H20FNO3S/c1-12-7-8-17(13(2)9-12)23(20,21)19-11-16(22-3)14-5-4-6-15(18)10-14/h4-10,16,19H,11H2,1-3H3. The largest absolute Gasteiger partial charge is 0.375 e. The van der Waals surface area contributed by atoms with Gasteiger partial charge in [-0.15, -0.1) is 0 Å². The molecule has 0 saturated carbocycles. The Balaban J connectivity index is 2.17. The van der Waals surface area contributed by atoms with Crippen molar-refractivity contribution < 1.29 is 17.5 Å². The summed E-state index contributed by atoms with van der Waals surface area (Å²) in [5.41, 5.74) is 2.25. The zero-order chi connectivity index (χ0) is 17.0. The quantitative estimate of drug-likeness (QED) is 0.881. The molecule has 23 heavy (non-hydrogen) atoms. The van der Waals surface area contributed by atoms with E-state index < -0.39 is 16.1 Å². The van der Waals surface area contributed by atoms with Crippen molar-refractivity contribution in [3.8, 4) is 0 Å². The fourth-order valence-electron chi connectivity index (χ4n) is 2.41. The van der Waals surface area contributed by atoms with Crippen LogP contribution in [0.4, 0.5) is 4.39 Å². The van der Waals surface area contributed by atoms with E-state index >= 15 is 0 Å². The zero-order valence-corrected chi connectivity index (χ0v) is 14.2. The molecule has 4 nitrogen and oxygen atoms in total. The van der Waals surface area contributed by atoms with Crippen LogP contribution in [0.2, 0.25) is 0 Å². The molecule has 2 aromatic carbocycles. The molecule has 0 amide bonds. The fraction of sp³-hybridized carbons (Fsp3) is 0.294. The fourth-order valence-corrected chi connectivity index (χ4v) is 3.66. The normalized spacial score (nSPS) is 13.0. The molecule has 0 aliphatic rings. The Hall–Kier alpha value is -1.76. The summed E-state index contributed by atoms with van der Waals surface area (Å²) in [5, 5.41) is 0. The Bertz CT molecular complexity index is 790. The highest BCUT2D eigenvalue weighted by atomic mass is 32.2. The first-order valence-corrected chi connectivity index (χ1v) is 8.67. The molecule has 1 unspecified atom stereocenters. The number of sulfonamides is 1. The van der Waals surface area contributed by atoms with E-state index in [-0.39, 0.29) is 17.3 Å². The summed E-state index contributed by atoms with van der Waals surface area (Å²) in [7, 11) is -2.20. The molecular formula is C17H20FNO3S. The highest BCUT2D eigenvalue weighted by Crippen LogP contribution is 2.20. The smallest absolute Gasteiger partial charge is 0.240 e. The maximum absolute atomic E-state index is 13.3. The topological polar surface area (TPSA) is 55.4 Å². The van der Waals surface area contributed by atoms with Crippen molar-refractivity contribution in [3.63, 3.8) is 0 Å². The molecule has 0 aliphatic carbocycles. The summed E-state index contributed by atoms with van der Waals surface area (Å²) in [6, 6.07) is 11.1. The van der Waals surface area contributed by atoms with Gasteiger partial charge in [-0.25, -0.2) is 17.5 Å². The average Bonchev–Trinajstić information content (AvgIpc) is 2.47. The predicted molar refractivity (Wildman–Crippen MR) is 87.3 cm³/mol. The van der Waals surface area contributed by atoms with Crippen LogP contribution < -0.4 is 4.72 Å². The van der Waals surface area contributed by atoms with Gasteiger partial charge in [0.1, 0.15) is 5.82 Å². The number of ether oxygens (including phenoxy) is 1. The van der Waals surface area contributed by atoms with Crippen LogP contribution in [0.15, 0.2) is 47.4 Å². The SMILES string of the molecule is COC(CNS(=O)(=O)c1ccc(C)cc1C)c1cccc(F)c1. The second-order valence-corrected chi connectivity index (χ2v) is 7.14. The first kappa shape index (κ1) is 17.6. The summed E-state index contributed by atoms with van der Waals surface area (Å²) in [5.74, 6) is -0.387. The summed E-state index contributed by atoms with van der Waals surface area (Å²) < 4.78 is 46.0. The van der Waals surface area contributed by atoms with Crippen molar-refractivity contribution in [1.29, 1.82) is 0 Å². The van der Waals surface area contributed by atoms with Crippen LogP contribution in [0.25, 0.3) is 0 Å². The van der Waals surface area contributed by atoms with Crippen molar-refractivity contribution in [2.45, 2.75) is 24.8 Å². The molecule has 0 radical (unpaired) electrons. The predicted octanol–water partition coefficient (Wildman–Crippen LogP) is 3.11. The number of aryl methyl sites for hydroxylation is 2. The number of methoxy groups -OCH3 is 1. The van der Waals surface area contributed by atoms with E-state index in [2.05, 4.69) is 4.72 Å². The van der Waals surface area contributed by atoms with Crippen LogP contribution in [0.3, 0.4) is 0 Å². The van der Waals surface area contributed by atoms with Crippen molar-refractivity contribution in [1.82, 2.24) is 4.72 Å². The maximum atomic E-state index is 13.3. The second kappa shape index (κ2) is 7.21. The Morgan fingerprint density at radius 1 is 1.17 bits per heavy atom. The van der Waals surface area contributed by atoms with Gasteiger partial charge in [-0.1, -0.05) is 29.8 Å². The average molecular weight is 337 g/mol. The lowest BCUT2D eigenvalue weighted by Gasteiger charge is -2.17. The van der Waals surface area contributed by atoms with E-state index in [1.807, 2.05) is 13.0 Å². The summed E-state index contributed by atoms with van der Waals surface area (Å²) in [6.45, 7) is 3.68. The van der Waals surface area contributed by atoms with Gasteiger partial charge in [0.05, 0.1) is 11.0 Å². The van der Waals surface area contributed by atoms with Gasteiger partial charge in [0, 0.05) is 13.7 Å². The van der Waals surface area contributed by atoms with E-state index in [1.165, 1.54) is 19.2 Å². The van der Waals surface area contributed by atoms with Crippen molar-refractivity contribution in [2.75, 3.05) is 13.7 Å². The van der Waals surface area contributed by atoms with Gasteiger partial charge in [0.25, 0.3) is 0 Å². The summed E-state index contributed by atoms with van der Waals surface area (Å²) in [4.78, 5) is 0.234. The van der Waals surface area contributed by atoms with E-state index in [9.17, 15) is 12.8 Å². The third-order valence-electron chi connectivity index (χ3n) is 3.58. The lowest BCUT2D eigenvalue weighted by Crippen LogP contribution is -2.29. The summed E-state index contributed by atoms with van der Waals surface area (Å²) >= 11 is 0. The molecule has 0 spiro atoms. The van der Waals surface area contributed by atoms with E-state index in [4.69, 9.17) is 4.74 Å². The van der Waals surface area contributed by atoms with Gasteiger partial charge < -0.3 is 4.74 Å². The van der Waals surface area contributed by atoms with E-state index in [1.54, 1.807) is 31.2 Å². The Kier molecular flexibility index (Phi) is 5.51. The Morgan fingerprint density at radius 2 is 1.91 bits per heavy atom. The summed E-state index contributed by atoms with van der Waals surface area (Å²) in [6.07, 6.45) is -0.564. The first-order chi connectivity index (χ1) is 10.8. The second-order valence-electron chi connectivity index (χ2n) is 5.40. The number of hydrogen-bond acceptors (Lipinski definition) is 3. The molecule has 1 atom stereocenters. The molecule has 0 aliphatic heterocycles. The number of halogens is 1. The Morgan fingerprint density at radius 3 is 2.52 bits per heavy atom. The monoisotopic (exact) mass is 337 g/mol. The van der Waals surface area contributed by atoms with Crippen molar-refractivity contribution >= 4 is 10.0 Å². The minimum absolute atomic E-state index is 0.0234. The van der Waals surface area contributed by atoms with Gasteiger partial charge in [-0.2, -0.15) is 0 Å². The molecule has 6 heteroatoms. The van der Waals surface area contributed by atoms with Crippen LogP contribution in [0.1, 0.15) is 22.8 Å². The molecule has 1 N–H and O–H groups in total. The van der Waals surface area contributed by atoms with Crippen LogP contribution in [-0.2, 0) is 14.8 Å². The molecule has 0 fully saturated rings. The lowest BCUT2D eigenvalue weighted by atomic mass is 10.1. The lowest BCUT2D eigenvalue weighted by molar-refractivity contribution is 0.107. The van der Waals surface area contributed by atoms with Crippen molar-refractivity contribution in [3.05, 3.63) is 65.0 Å².